The van der Waals surface area contributed by atoms with E-state index in [1.165, 1.54) is 0 Å². The maximum atomic E-state index is 5.47. The van der Waals surface area contributed by atoms with Crippen molar-refractivity contribution < 1.29 is 23.6 Å². The molecule has 0 amide bonds. The van der Waals surface area contributed by atoms with Crippen molar-refractivity contribution in [2.45, 2.75) is 19.4 Å². The van der Waals surface area contributed by atoms with E-state index in [2.05, 4.69) is 24.9 Å². The fourth-order valence-electron chi connectivity index (χ4n) is 1.25. The minimum Gasteiger partial charge on any atom is -0.518 e. The summed E-state index contributed by atoms with van der Waals surface area (Å²) in [6.07, 6.45) is 0. The zero-order valence-electron chi connectivity index (χ0n) is 8.87. The summed E-state index contributed by atoms with van der Waals surface area (Å²) in [4.78, 5) is 4.45. The fraction of sp³-hybridized carbons (Fsp3) is 0.364. The Balaban J connectivity index is 0.000000980. The Bertz CT molecular complexity index is 332. The van der Waals surface area contributed by atoms with Crippen LogP contribution in [0.4, 0.5) is 0 Å². The normalized spacial score (nSPS) is 18.0. The van der Waals surface area contributed by atoms with Gasteiger partial charge in [-0.05, 0) is 13.8 Å². The van der Waals surface area contributed by atoms with Crippen LogP contribution in [0, 0.1) is 6.07 Å². The average molecular weight is 183 g/mol. The maximum Gasteiger partial charge on any atom is 1.00 e. The Morgan fingerprint density at radius 2 is 2.29 bits per heavy atom. The summed E-state index contributed by atoms with van der Waals surface area (Å²) in [5.41, 5.74) is 0.854. The molecule has 2 nitrogen and oxygen atoms in total. The summed E-state index contributed by atoms with van der Waals surface area (Å²) in [5.74, 6) is 0.714. The molecule has 0 spiro atoms. The van der Waals surface area contributed by atoms with E-state index in [1.807, 2.05) is 24.3 Å². The van der Waals surface area contributed by atoms with Crippen molar-refractivity contribution in [2.75, 3.05) is 6.61 Å². The van der Waals surface area contributed by atoms with Gasteiger partial charge < -0.3 is 4.74 Å². The van der Waals surface area contributed by atoms with Gasteiger partial charge in [0.1, 0.15) is 12.5 Å². The van der Waals surface area contributed by atoms with Gasteiger partial charge in [-0.3, -0.25) is 4.99 Å². The molecule has 2 rings (SSSR count). The van der Waals surface area contributed by atoms with Gasteiger partial charge in [-0.25, -0.2) is 0 Å². The number of hydrogen-bond acceptors (Lipinski definition) is 2. The molecule has 0 fully saturated rings. The second kappa shape index (κ2) is 4.21. The zero-order valence-corrected chi connectivity index (χ0v) is 8.87. The Morgan fingerprint density at radius 1 is 1.50 bits per heavy atom. The first-order chi connectivity index (χ1) is 6.17. The fourth-order valence-corrected chi connectivity index (χ4v) is 1.25. The van der Waals surface area contributed by atoms with Crippen molar-refractivity contribution in [3.05, 3.63) is 35.9 Å². The predicted octanol–water partition coefficient (Wildman–Crippen LogP) is -0.954. The number of nitrogens with zero attached hydrogens (tertiary/aromatic N) is 1. The first-order valence-electron chi connectivity index (χ1n) is 4.37. The first kappa shape index (κ1) is 11.4. The molecule has 68 valence electrons. The van der Waals surface area contributed by atoms with Crippen molar-refractivity contribution in [1.82, 2.24) is 0 Å². The van der Waals surface area contributed by atoms with Gasteiger partial charge in [-0.1, -0.05) is 5.56 Å². The molecule has 3 heteroatoms. The molecule has 1 aromatic rings. The Kier molecular flexibility index (Phi) is 3.42. The van der Waals surface area contributed by atoms with Gasteiger partial charge in [-0.2, -0.15) is 0 Å². The van der Waals surface area contributed by atoms with E-state index in [-0.39, 0.29) is 24.4 Å². The smallest absolute Gasteiger partial charge is 0.518 e. The molecule has 1 heterocycles. The van der Waals surface area contributed by atoms with Gasteiger partial charge in [0.05, 0.1) is 5.54 Å². The Labute approximate surface area is 96.6 Å². The second-order valence-electron chi connectivity index (χ2n) is 3.79. The van der Waals surface area contributed by atoms with Crippen LogP contribution in [0.15, 0.2) is 29.3 Å². The predicted molar refractivity (Wildman–Crippen MR) is 51.8 cm³/mol. The molecule has 0 atom stereocenters. The van der Waals surface area contributed by atoms with Crippen LogP contribution in [-0.4, -0.2) is 18.0 Å². The molecule has 1 aliphatic heterocycles. The SMILES string of the molecule is CC1(C)CO[14C](c2[c-]cccc2)=N1.[Li+]. The largest absolute Gasteiger partial charge is 1.00 e. The van der Waals surface area contributed by atoms with Gasteiger partial charge in [0.15, 0.2) is 0 Å². The molecule has 0 saturated carbocycles. The monoisotopic (exact) mass is 183 g/mol. The summed E-state index contributed by atoms with van der Waals surface area (Å²) in [7, 11) is 0. The number of aliphatic imine (C=N–C) groups is 1. The van der Waals surface area contributed by atoms with E-state index in [0.29, 0.717) is 12.5 Å². The molecule has 0 N–H and O–H groups in total. The third-order valence-electron chi connectivity index (χ3n) is 1.91. The van der Waals surface area contributed by atoms with Crippen molar-refractivity contribution in [1.29, 1.82) is 0 Å². The summed E-state index contributed by atoms with van der Waals surface area (Å²) in [5, 5.41) is 0. The molecule has 1 aliphatic rings. The summed E-state index contributed by atoms with van der Waals surface area (Å²) < 4.78 is 5.47. The zero-order chi connectivity index (χ0) is 9.31. The van der Waals surface area contributed by atoms with E-state index in [1.54, 1.807) is 0 Å². The van der Waals surface area contributed by atoms with Crippen LogP contribution < -0.4 is 18.9 Å². The van der Waals surface area contributed by atoms with Gasteiger partial charge >= 0.3 is 18.9 Å². The van der Waals surface area contributed by atoms with Gasteiger partial charge in [0, 0.05) is 0 Å². The number of benzene rings is 1. The van der Waals surface area contributed by atoms with Crippen molar-refractivity contribution >= 4 is 5.90 Å². The van der Waals surface area contributed by atoms with Crippen LogP contribution in [0.25, 0.3) is 0 Å². The molecule has 0 bridgehead atoms. The molecule has 0 aromatic heterocycles. The Morgan fingerprint density at radius 3 is 2.79 bits per heavy atom. The molecular weight excluding hydrogens is 171 g/mol. The average Bonchev–Trinajstić information content (AvgIpc) is 2.48. The first-order valence-corrected chi connectivity index (χ1v) is 4.37. The third-order valence-corrected chi connectivity index (χ3v) is 1.91. The van der Waals surface area contributed by atoms with Crippen LogP contribution in [0.5, 0.6) is 0 Å². The number of hydrogen-bond donors (Lipinski definition) is 0. The summed E-state index contributed by atoms with van der Waals surface area (Å²) in [6.45, 7) is 4.77. The standard InChI is InChI=1S/C11H12NO.Li/c1-11(2)8-13-10(12-11)9-6-4-3-5-7-9;/h3-6H,8H2,1-2H3;/q-1;+1/i10+2;. The molecule has 0 radical (unpaired) electrons. The van der Waals surface area contributed by atoms with Crippen LogP contribution in [0.1, 0.15) is 19.4 Å². The van der Waals surface area contributed by atoms with E-state index in [4.69, 9.17) is 4.74 Å². The number of rotatable bonds is 1. The maximum absolute atomic E-state index is 5.47. The number of ether oxygens (including phenoxy) is 1. The van der Waals surface area contributed by atoms with Gasteiger partial charge in [-0.15, -0.1) is 30.3 Å². The van der Waals surface area contributed by atoms with Crippen LogP contribution in [-0.2, 0) is 4.74 Å². The van der Waals surface area contributed by atoms with Crippen molar-refractivity contribution in [2.24, 2.45) is 4.99 Å². The Hall–Kier alpha value is -0.713. The van der Waals surface area contributed by atoms with E-state index < -0.39 is 0 Å². The molecule has 0 unspecified atom stereocenters. The third kappa shape index (κ3) is 2.40. The van der Waals surface area contributed by atoms with E-state index >= 15 is 0 Å². The van der Waals surface area contributed by atoms with Crippen molar-refractivity contribution in [3.63, 3.8) is 0 Å². The molecule has 1 aromatic carbocycles. The minimum atomic E-state index is -0.0843. The van der Waals surface area contributed by atoms with Crippen molar-refractivity contribution in [3.8, 4) is 0 Å². The topological polar surface area (TPSA) is 21.6 Å². The van der Waals surface area contributed by atoms with E-state index in [0.717, 1.165) is 5.56 Å². The van der Waals surface area contributed by atoms with Crippen LogP contribution in [0.2, 0.25) is 0 Å². The van der Waals surface area contributed by atoms with E-state index in [9.17, 15) is 0 Å². The molecule has 14 heavy (non-hydrogen) atoms. The minimum absolute atomic E-state index is 0. The van der Waals surface area contributed by atoms with Gasteiger partial charge in [0.2, 0.25) is 0 Å². The second-order valence-corrected chi connectivity index (χ2v) is 3.79. The summed E-state index contributed by atoms with van der Waals surface area (Å²) in [6, 6.07) is 10.8. The van der Waals surface area contributed by atoms with Crippen LogP contribution in [0.3, 0.4) is 0 Å². The van der Waals surface area contributed by atoms with Crippen LogP contribution >= 0.6 is 0 Å². The van der Waals surface area contributed by atoms with Gasteiger partial charge in [0.25, 0.3) is 0 Å². The quantitative estimate of drug-likeness (QED) is 0.406. The molecular formula is C11H12LiNO. The molecule has 0 saturated heterocycles. The molecule has 0 aliphatic carbocycles. The summed E-state index contributed by atoms with van der Waals surface area (Å²) >= 11 is 0.